The molecule has 3 rings (SSSR count). The second-order valence-corrected chi connectivity index (χ2v) is 9.10. The molecule has 0 radical (unpaired) electrons. The second-order valence-electron chi connectivity index (χ2n) is 9.10. The predicted octanol–water partition coefficient (Wildman–Crippen LogP) is 4.37. The van der Waals surface area contributed by atoms with E-state index in [4.69, 9.17) is 25.1 Å². The quantitative estimate of drug-likeness (QED) is 0.0871. The third-order valence-corrected chi connectivity index (χ3v) is 5.84. The number of hydrazine groups is 1. The lowest BCUT2D eigenvalue weighted by atomic mass is 9.83. The van der Waals surface area contributed by atoms with Crippen molar-refractivity contribution in [2.24, 2.45) is 16.0 Å². The lowest BCUT2D eigenvalue weighted by Crippen LogP contribution is -2.53. The summed E-state index contributed by atoms with van der Waals surface area (Å²) in [4.78, 5) is 21.4. The van der Waals surface area contributed by atoms with Gasteiger partial charge in [0.05, 0.1) is 13.2 Å². The molecular formula is C27H34N6O4. The van der Waals surface area contributed by atoms with Crippen molar-refractivity contribution in [2.75, 3.05) is 19.8 Å². The summed E-state index contributed by atoms with van der Waals surface area (Å²) in [5.41, 5.74) is 15.5. The molecule has 37 heavy (non-hydrogen) atoms. The van der Waals surface area contributed by atoms with Crippen molar-refractivity contribution in [3.8, 4) is 5.75 Å². The van der Waals surface area contributed by atoms with Gasteiger partial charge in [-0.1, -0.05) is 49.3 Å². The number of amides is 1. The fourth-order valence-electron chi connectivity index (χ4n) is 4.00. The molecule has 0 saturated carbocycles. The van der Waals surface area contributed by atoms with E-state index < -0.39 is 11.6 Å². The van der Waals surface area contributed by atoms with Gasteiger partial charge < -0.3 is 14.6 Å². The van der Waals surface area contributed by atoms with Gasteiger partial charge in [-0.15, -0.1) is 6.58 Å². The Morgan fingerprint density at radius 1 is 1.32 bits per heavy atom. The number of hydrogen-bond donors (Lipinski definition) is 3. The Hall–Kier alpha value is -3.85. The number of azide groups is 1. The summed E-state index contributed by atoms with van der Waals surface area (Å²) in [6.45, 7) is 9.12. The van der Waals surface area contributed by atoms with Gasteiger partial charge >= 0.3 is 0 Å². The minimum absolute atomic E-state index is 0.0603. The Kier molecular flexibility index (Phi) is 10.1. The van der Waals surface area contributed by atoms with Crippen molar-refractivity contribution in [1.29, 1.82) is 0 Å². The van der Waals surface area contributed by atoms with Crippen LogP contribution in [0.2, 0.25) is 0 Å². The zero-order chi connectivity index (χ0) is 26.7. The van der Waals surface area contributed by atoms with E-state index in [9.17, 15) is 4.79 Å². The fourth-order valence-corrected chi connectivity index (χ4v) is 4.00. The maximum absolute atomic E-state index is 13.7. The van der Waals surface area contributed by atoms with E-state index in [0.29, 0.717) is 48.3 Å². The molecule has 0 spiro atoms. The molecule has 0 aliphatic carbocycles. The molecule has 0 saturated heterocycles. The SMILES string of the molecule is C=CC[C@]1(C(=O)NNCC(C)C)N=C(c2ccc(OCCCO)cc2)O[C@H]1c1ccccc1CN=[N+]=[N-]. The van der Waals surface area contributed by atoms with E-state index in [-0.39, 0.29) is 25.5 Å². The van der Waals surface area contributed by atoms with Gasteiger partial charge in [-0.05, 0) is 46.8 Å². The fraction of sp³-hybridized carbons (Fsp3) is 0.407. The van der Waals surface area contributed by atoms with Crippen LogP contribution >= 0.6 is 0 Å². The van der Waals surface area contributed by atoms with E-state index in [1.54, 1.807) is 18.2 Å². The van der Waals surface area contributed by atoms with Crippen LogP contribution in [0.3, 0.4) is 0 Å². The molecule has 2 aromatic carbocycles. The number of carbonyl (C=O) groups is 1. The summed E-state index contributed by atoms with van der Waals surface area (Å²) >= 11 is 0. The van der Waals surface area contributed by atoms with Crippen LogP contribution in [0.4, 0.5) is 0 Å². The minimum Gasteiger partial charge on any atom is -0.494 e. The molecule has 1 heterocycles. The molecule has 196 valence electrons. The lowest BCUT2D eigenvalue weighted by Gasteiger charge is -2.31. The Morgan fingerprint density at radius 2 is 2.08 bits per heavy atom. The van der Waals surface area contributed by atoms with Crippen molar-refractivity contribution in [1.82, 2.24) is 10.9 Å². The molecular weight excluding hydrogens is 472 g/mol. The summed E-state index contributed by atoms with van der Waals surface area (Å²) in [6, 6.07) is 14.6. The molecule has 10 nitrogen and oxygen atoms in total. The molecule has 1 amide bonds. The van der Waals surface area contributed by atoms with Gasteiger partial charge in [0.25, 0.3) is 5.91 Å². The van der Waals surface area contributed by atoms with E-state index >= 15 is 0 Å². The van der Waals surface area contributed by atoms with E-state index in [1.165, 1.54) is 0 Å². The number of nitrogens with zero attached hydrogens (tertiary/aromatic N) is 4. The third-order valence-electron chi connectivity index (χ3n) is 5.84. The van der Waals surface area contributed by atoms with Gasteiger partial charge in [-0.3, -0.25) is 10.2 Å². The van der Waals surface area contributed by atoms with Crippen LogP contribution in [0.15, 0.2) is 71.3 Å². The summed E-state index contributed by atoms with van der Waals surface area (Å²) in [5.74, 6) is 0.940. The van der Waals surface area contributed by atoms with Gasteiger partial charge in [0.1, 0.15) is 5.75 Å². The molecule has 2 atom stereocenters. The third kappa shape index (κ3) is 6.89. The Balaban J connectivity index is 2.02. The molecule has 10 heteroatoms. The van der Waals surface area contributed by atoms with E-state index in [2.05, 4.69) is 27.5 Å². The van der Waals surface area contributed by atoms with Crippen LogP contribution in [-0.4, -0.2) is 42.2 Å². The largest absolute Gasteiger partial charge is 0.494 e. The van der Waals surface area contributed by atoms with Crippen molar-refractivity contribution in [2.45, 2.75) is 44.9 Å². The second kappa shape index (κ2) is 13.5. The van der Waals surface area contributed by atoms with Crippen LogP contribution in [0, 0.1) is 5.92 Å². The first-order valence-electron chi connectivity index (χ1n) is 12.3. The van der Waals surface area contributed by atoms with E-state index in [1.807, 2.05) is 50.2 Å². The molecule has 1 aliphatic rings. The van der Waals surface area contributed by atoms with Gasteiger partial charge in [-0.25, -0.2) is 10.4 Å². The van der Waals surface area contributed by atoms with Crippen LogP contribution in [-0.2, 0) is 16.1 Å². The molecule has 0 bridgehead atoms. The number of aliphatic hydroxyl groups excluding tert-OH is 1. The van der Waals surface area contributed by atoms with Gasteiger partial charge in [0.15, 0.2) is 11.6 Å². The van der Waals surface area contributed by atoms with Crippen molar-refractivity contribution in [3.05, 3.63) is 88.3 Å². The Labute approximate surface area is 217 Å². The Morgan fingerprint density at radius 3 is 2.76 bits per heavy atom. The highest BCUT2D eigenvalue weighted by atomic mass is 16.5. The number of aliphatic hydroxyl groups is 1. The number of nitrogens with one attached hydrogen (secondary N) is 2. The molecule has 1 aliphatic heterocycles. The monoisotopic (exact) mass is 506 g/mol. The maximum atomic E-state index is 13.7. The average molecular weight is 507 g/mol. The van der Waals surface area contributed by atoms with Crippen molar-refractivity contribution < 1.29 is 19.4 Å². The highest BCUT2D eigenvalue weighted by Gasteiger charge is 2.53. The first-order chi connectivity index (χ1) is 17.9. The van der Waals surface area contributed by atoms with Crippen LogP contribution < -0.4 is 15.6 Å². The Bertz CT molecular complexity index is 1140. The number of ether oxygens (including phenoxy) is 2. The highest BCUT2D eigenvalue weighted by Crippen LogP contribution is 2.43. The molecule has 3 N–H and O–H groups in total. The molecule has 0 unspecified atom stereocenters. The minimum atomic E-state index is -1.34. The topological polar surface area (TPSA) is 141 Å². The van der Waals surface area contributed by atoms with Crippen LogP contribution in [0.5, 0.6) is 5.75 Å². The predicted molar refractivity (Wildman–Crippen MR) is 142 cm³/mol. The standard InChI is InChI=1S/C27H34N6O4/c1-4-14-27(26(35)32-29-17-19(2)3)24(23-9-6-5-8-21(23)18-30-33-28)37-25(31-27)20-10-12-22(13-11-20)36-16-7-15-34/h4-6,8-13,19,24,29,34H,1,7,14-18H2,2-3H3,(H,32,35)/t24-,27-/m0/s1. The normalized spacial score (nSPS) is 18.5. The first-order valence-corrected chi connectivity index (χ1v) is 12.3. The van der Waals surface area contributed by atoms with Crippen LogP contribution in [0.1, 0.15) is 49.5 Å². The number of benzene rings is 2. The van der Waals surface area contributed by atoms with Gasteiger partial charge in [0.2, 0.25) is 5.90 Å². The number of rotatable bonds is 14. The van der Waals surface area contributed by atoms with Gasteiger partial charge in [0, 0.05) is 36.5 Å². The maximum Gasteiger partial charge on any atom is 0.266 e. The zero-order valence-corrected chi connectivity index (χ0v) is 21.3. The van der Waals surface area contributed by atoms with Crippen molar-refractivity contribution in [3.63, 3.8) is 0 Å². The van der Waals surface area contributed by atoms with Gasteiger partial charge in [-0.2, -0.15) is 0 Å². The summed E-state index contributed by atoms with van der Waals surface area (Å²) in [7, 11) is 0. The number of hydrogen-bond acceptors (Lipinski definition) is 7. The first kappa shape index (κ1) is 27.7. The lowest BCUT2D eigenvalue weighted by molar-refractivity contribution is -0.129. The highest BCUT2D eigenvalue weighted by molar-refractivity contribution is 6.01. The molecule has 2 aromatic rings. The summed E-state index contributed by atoms with van der Waals surface area (Å²) < 4.78 is 12.0. The smallest absolute Gasteiger partial charge is 0.266 e. The zero-order valence-electron chi connectivity index (χ0n) is 21.3. The number of aliphatic imine (C=N–C) groups is 1. The molecule has 0 aromatic heterocycles. The van der Waals surface area contributed by atoms with E-state index in [0.717, 1.165) is 5.56 Å². The molecule has 0 fully saturated rings. The number of carbonyl (C=O) groups excluding carboxylic acids is 1. The summed E-state index contributed by atoms with van der Waals surface area (Å²) in [5, 5.41) is 12.7. The van der Waals surface area contributed by atoms with Crippen molar-refractivity contribution >= 4 is 11.8 Å². The summed E-state index contributed by atoms with van der Waals surface area (Å²) in [6.07, 6.45) is 1.62. The average Bonchev–Trinajstić information content (AvgIpc) is 3.28. The van der Waals surface area contributed by atoms with Crippen LogP contribution in [0.25, 0.3) is 10.4 Å².